The molecule has 1 atom stereocenters. The van der Waals surface area contributed by atoms with Crippen molar-refractivity contribution in [3.8, 4) is 0 Å². The minimum atomic E-state index is -0.640. The van der Waals surface area contributed by atoms with Crippen molar-refractivity contribution in [1.82, 2.24) is 15.1 Å². The summed E-state index contributed by atoms with van der Waals surface area (Å²) in [6.07, 6.45) is 2.28. The van der Waals surface area contributed by atoms with Gasteiger partial charge in [-0.25, -0.2) is 0 Å². The maximum atomic E-state index is 12.0. The second-order valence-corrected chi connectivity index (χ2v) is 6.27. The molecule has 1 N–H and O–H groups in total. The molecule has 1 aromatic heterocycles. The second kappa shape index (κ2) is 5.54. The van der Waals surface area contributed by atoms with Gasteiger partial charge in [0.25, 0.3) is 0 Å². The van der Waals surface area contributed by atoms with Crippen LogP contribution in [0.1, 0.15) is 25.5 Å². The largest absolute Gasteiger partial charge is 0.468 e. The quantitative estimate of drug-likeness (QED) is 0.633. The lowest BCUT2D eigenvalue weighted by molar-refractivity contribution is -0.147. The van der Waals surface area contributed by atoms with Crippen LogP contribution in [-0.2, 0) is 16.6 Å². The van der Waals surface area contributed by atoms with Crippen molar-refractivity contribution in [3.05, 3.63) is 11.8 Å². The molecule has 0 saturated heterocycles. The van der Waals surface area contributed by atoms with Crippen LogP contribution in [0.2, 0.25) is 0 Å². The summed E-state index contributed by atoms with van der Waals surface area (Å²) in [6, 6.07) is 2.48. The molecular weight excluding hydrogens is 262 g/mol. The number of esters is 1. The first-order valence-corrected chi connectivity index (χ1v) is 7.43. The van der Waals surface area contributed by atoms with Crippen LogP contribution in [0.4, 0.5) is 0 Å². The van der Waals surface area contributed by atoms with Gasteiger partial charge in [-0.1, -0.05) is 0 Å². The second-order valence-electron chi connectivity index (χ2n) is 5.28. The van der Waals surface area contributed by atoms with E-state index in [0.29, 0.717) is 11.8 Å². The Morgan fingerprint density at radius 2 is 2.37 bits per heavy atom. The number of ether oxygens (including phenoxy) is 1. The number of hydrogen-bond acceptors (Lipinski definition) is 5. The maximum absolute atomic E-state index is 12.0. The lowest BCUT2D eigenvalue weighted by Gasteiger charge is -2.27. The Balaban J connectivity index is 2.03. The van der Waals surface area contributed by atoms with Gasteiger partial charge in [0.1, 0.15) is 5.54 Å². The molecule has 1 aromatic rings. The number of nitrogens with one attached hydrogen (secondary N) is 1. The Morgan fingerprint density at radius 3 is 2.84 bits per heavy atom. The minimum absolute atomic E-state index is 0.203. The van der Waals surface area contributed by atoms with E-state index in [1.54, 1.807) is 11.8 Å². The van der Waals surface area contributed by atoms with Crippen molar-refractivity contribution < 1.29 is 9.53 Å². The molecule has 0 aromatic carbocycles. The van der Waals surface area contributed by atoms with Crippen LogP contribution in [0.5, 0.6) is 0 Å². The summed E-state index contributed by atoms with van der Waals surface area (Å²) < 4.78 is 6.77. The van der Waals surface area contributed by atoms with E-state index < -0.39 is 5.54 Å². The fraction of sp³-hybridized carbons (Fsp3) is 0.692. The number of nitrogens with zero attached hydrogens (tertiary/aromatic N) is 2. The molecule has 0 bridgehead atoms. The molecule has 1 saturated carbocycles. The lowest BCUT2D eigenvalue weighted by atomic mass is 10.1. The Labute approximate surface area is 118 Å². The van der Waals surface area contributed by atoms with Crippen LogP contribution < -0.4 is 5.32 Å². The summed E-state index contributed by atoms with van der Waals surface area (Å²) in [4.78, 5) is 12.0. The standard InChI is InChI=1S/C13H21N3O2S/c1-9-7-11(16(3)15-9)19-8-13(2,12(17)18-4)14-10-5-6-10/h7,10,14H,5-6,8H2,1-4H3. The van der Waals surface area contributed by atoms with Gasteiger partial charge in [-0.3, -0.25) is 14.8 Å². The SMILES string of the molecule is COC(=O)C(C)(CSc1cc(C)nn1C)NC1CC1. The van der Waals surface area contributed by atoms with Crippen molar-refractivity contribution in [1.29, 1.82) is 0 Å². The van der Waals surface area contributed by atoms with Crippen molar-refractivity contribution in [2.75, 3.05) is 12.9 Å². The number of aryl methyl sites for hydroxylation is 2. The fourth-order valence-electron chi connectivity index (χ4n) is 2.00. The van der Waals surface area contributed by atoms with E-state index in [9.17, 15) is 4.79 Å². The van der Waals surface area contributed by atoms with Crippen LogP contribution in [0.25, 0.3) is 0 Å². The van der Waals surface area contributed by atoms with Gasteiger partial charge in [0, 0.05) is 18.8 Å². The topological polar surface area (TPSA) is 56.1 Å². The highest BCUT2D eigenvalue weighted by molar-refractivity contribution is 7.99. The number of methoxy groups -OCH3 is 1. The monoisotopic (exact) mass is 283 g/mol. The lowest BCUT2D eigenvalue weighted by Crippen LogP contribution is -2.53. The third-order valence-corrected chi connectivity index (χ3v) is 4.60. The van der Waals surface area contributed by atoms with E-state index in [1.807, 2.05) is 31.6 Å². The first-order valence-electron chi connectivity index (χ1n) is 6.44. The molecule has 106 valence electrons. The number of carbonyl (C=O) groups excluding carboxylic acids is 1. The third kappa shape index (κ3) is 3.51. The average molecular weight is 283 g/mol. The molecule has 0 radical (unpaired) electrons. The molecule has 19 heavy (non-hydrogen) atoms. The summed E-state index contributed by atoms with van der Waals surface area (Å²) in [6.45, 7) is 3.87. The van der Waals surface area contributed by atoms with Gasteiger partial charge >= 0.3 is 5.97 Å². The number of aromatic nitrogens is 2. The number of hydrogen-bond donors (Lipinski definition) is 1. The van der Waals surface area contributed by atoms with Gasteiger partial charge in [0.15, 0.2) is 0 Å². The minimum Gasteiger partial charge on any atom is -0.468 e. The van der Waals surface area contributed by atoms with Crippen molar-refractivity contribution in [2.24, 2.45) is 7.05 Å². The van der Waals surface area contributed by atoms with Crippen molar-refractivity contribution in [3.63, 3.8) is 0 Å². The Kier molecular flexibility index (Phi) is 4.20. The molecule has 1 heterocycles. The molecule has 2 rings (SSSR count). The van der Waals surface area contributed by atoms with Crippen LogP contribution in [0.3, 0.4) is 0 Å². The molecule has 1 aliphatic carbocycles. The van der Waals surface area contributed by atoms with Crippen LogP contribution in [0, 0.1) is 6.92 Å². The highest BCUT2D eigenvalue weighted by Crippen LogP contribution is 2.28. The number of carbonyl (C=O) groups is 1. The van der Waals surface area contributed by atoms with Gasteiger partial charge in [0.05, 0.1) is 17.8 Å². The molecule has 1 unspecified atom stereocenters. The molecule has 0 aliphatic heterocycles. The van der Waals surface area contributed by atoms with Gasteiger partial charge in [-0.15, -0.1) is 11.8 Å². The van der Waals surface area contributed by atoms with Crippen molar-refractivity contribution in [2.45, 2.75) is 43.3 Å². The average Bonchev–Trinajstić information content (AvgIpc) is 3.10. The van der Waals surface area contributed by atoms with Crippen LogP contribution >= 0.6 is 11.8 Å². The highest BCUT2D eigenvalue weighted by Gasteiger charge is 2.39. The molecule has 6 heteroatoms. The summed E-state index contributed by atoms with van der Waals surface area (Å²) >= 11 is 1.63. The Morgan fingerprint density at radius 1 is 1.68 bits per heavy atom. The van der Waals surface area contributed by atoms with E-state index in [4.69, 9.17) is 4.74 Å². The molecule has 0 spiro atoms. The van der Waals surface area contributed by atoms with Crippen LogP contribution in [-0.4, -0.2) is 40.2 Å². The molecule has 1 fully saturated rings. The molecule has 0 amide bonds. The zero-order valence-corrected chi connectivity index (χ0v) is 12.7. The van der Waals surface area contributed by atoms with Gasteiger partial charge in [-0.2, -0.15) is 5.10 Å². The smallest absolute Gasteiger partial charge is 0.326 e. The van der Waals surface area contributed by atoms with E-state index >= 15 is 0 Å². The summed E-state index contributed by atoms with van der Waals surface area (Å²) in [5.74, 6) is 0.431. The highest BCUT2D eigenvalue weighted by atomic mass is 32.2. The van der Waals surface area contributed by atoms with E-state index in [-0.39, 0.29) is 5.97 Å². The maximum Gasteiger partial charge on any atom is 0.326 e. The summed E-state index contributed by atoms with van der Waals surface area (Å²) in [5, 5.41) is 8.76. The van der Waals surface area contributed by atoms with Crippen LogP contribution in [0.15, 0.2) is 11.1 Å². The normalized spacial score (nSPS) is 18.1. The van der Waals surface area contributed by atoms with E-state index in [1.165, 1.54) is 7.11 Å². The Bertz CT molecular complexity index is 470. The first kappa shape index (κ1) is 14.4. The summed E-state index contributed by atoms with van der Waals surface area (Å²) in [7, 11) is 3.35. The number of thioether (sulfide) groups is 1. The third-order valence-electron chi connectivity index (χ3n) is 3.20. The predicted octanol–water partition coefficient (Wildman–Crippen LogP) is 1.50. The summed E-state index contributed by atoms with van der Waals surface area (Å²) in [5.41, 5.74) is 0.346. The Hall–Kier alpha value is -1.01. The van der Waals surface area contributed by atoms with Crippen molar-refractivity contribution >= 4 is 17.7 Å². The zero-order valence-electron chi connectivity index (χ0n) is 11.9. The van der Waals surface area contributed by atoms with Gasteiger partial charge in [0.2, 0.25) is 0 Å². The number of rotatable bonds is 6. The molecule has 5 nitrogen and oxygen atoms in total. The van der Waals surface area contributed by atoms with Gasteiger partial charge < -0.3 is 4.74 Å². The molecular formula is C13H21N3O2S. The van der Waals surface area contributed by atoms with Gasteiger partial charge in [-0.05, 0) is 32.8 Å². The predicted molar refractivity (Wildman–Crippen MR) is 75.2 cm³/mol. The van der Waals surface area contributed by atoms with E-state index in [0.717, 1.165) is 23.6 Å². The zero-order chi connectivity index (χ0) is 14.0. The molecule has 1 aliphatic rings. The van der Waals surface area contributed by atoms with E-state index in [2.05, 4.69) is 10.4 Å². The fourth-order valence-corrected chi connectivity index (χ4v) is 3.12. The first-order chi connectivity index (χ1) is 8.94.